The fourth-order valence-corrected chi connectivity index (χ4v) is 2.37. The van der Waals surface area contributed by atoms with Crippen molar-refractivity contribution in [3.63, 3.8) is 0 Å². The van der Waals surface area contributed by atoms with Crippen LogP contribution < -0.4 is 10.1 Å². The highest BCUT2D eigenvalue weighted by atomic mass is 16.5. The molecule has 1 aliphatic rings. The number of aliphatic hydroxyl groups excluding tert-OH is 1. The summed E-state index contributed by atoms with van der Waals surface area (Å²) in [6, 6.07) is 0. The van der Waals surface area contributed by atoms with E-state index in [-0.39, 0.29) is 6.10 Å². The third-order valence-corrected chi connectivity index (χ3v) is 3.39. The van der Waals surface area contributed by atoms with Gasteiger partial charge >= 0.3 is 0 Å². The molecule has 1 aromatic heterocycles. The highest BCUT2D eigenvalue weighted by Gasteiger charge is 2.22. The lowest BCUT2D eigenvalue weighted by molar-refractivity contribution is 0.178. The molecule has 1 saturated carbocycles. The van der Waals surface area contributed by atoms with Crippen molar-refractivity contribution < 1.29 is 9.84 Å². The zero-order chi connectivity index (χ0) is 13.0. The van der Waals surface area contributed by atoms with Crippen molar-refractivity contribution in [2.75, 3.05) is 18.5 Å². The van der Waals surface area contributed by atoms with Crippen LogP contribution in [0.4, 0.5) is 5.82 Å². The van der Waals surface area contributed by atoms with E-state index in [1.54, 1.807) is 0 Å². The summed E-state index contributed by atoms with van der Waals surface area (Å²) in [4.78, 5) is 8.34. The topological polar surface area (TPSA) is 67.3 Å². The molecule has 0 spiro atoms. The fourth-order valence-electron chi connectivity index (χ4n) is 2.37. The van der Waals surface area contributed by atoms with Gasteiger partial charge in [-0.1, -0.05) is 0 Å². The largest absolute Gasteiger partial charge is 0.478 e. The van der Waals surface area contributed by atoms with Gasteiger partial charge in [-0.05, 0) is 39.0 Å². The number of hydrogen-bond donors (Lipinski definition) is 2. The van der Waals surface area contributed by atoms with Crippen LogP contribution in [0, 0.1) is 12.8 Å². The molecular weight excluding hydrogens is 230 g/mol. The number of nitrogens with zero attached hydrogens (tertiary/aromatic N) is 2. The number of nitrogens with one attached hydrogen (secondary N) is 1. The lowest BCUT2D eigenvalue weighted by atomic mass is 10.1. The summed E-state index contributed by atoms with van der Waals surface area (Å²) < 4.78 is 5.44. The molecule has 18 heavy (non-hydrogen) atoms. The quantitative estimate of drug-likeness (QED) is 0.834. The molecule has 0 aromatic carbocycles. The number of hydrogen-bond acceptors (Lipinski definition) is 5. The van der Waals surface area contributed by atoms with Gasteiger partial charge in [0.2, 0.25) is 5.88 Å². The van der Waals surface area contributed by atoms with E-state index >= 15 is 0 Å². The van der Waals surface area contributed by atoms with Crippen molar-refractivity contribution in [3.8, 4) is 5.88 Å². The third-order valence-electron chi connectivity index (χ3n) is 3.39. The SMILES string of the molecule is CCOc1ncnc(NCC2CCC(O)C2)c1C. The van der Waals surface area contributed by atoms with Crippen LogP contribution >= 0.6 is 0 Å². The van der Waals surface area contributed by atoms with E-state index in [0.29, 0.717) is 18.4 Å². The second-order valence-electron chi connectivity index (χ2n) is 4.80. The minimum atomic E-state index is -0.123. The smallest absolute Gasteiger partial charge is 0.221 e. The molecular formula is C13H21N3O2. The maximum absolute atomic E-state index is 9.49. The van der Waals surface area contributed by atoms with Gasteiger partial charge in [-0.3, -0.25) is 0 Å². The van der Waals surface area contributed by atoms with Crippen molar-refractivity contribution in [2.24, 2.45) is 5.92 Å². The Kier molecular flexibility index (Phi) is 4.36. The van der Waals surface area contributed by atoms with Crippen molar-refractivity contribution in [2.45, 2.75) is 39.2 Å². The Hall–Kier alpha value is -1.36. The molecule has 2 unspecified atom stereocenters. The molecule has 2 rings (SSSR count). The normalized spacial score (nSPS) is 23.1. The summed E-state index contributed by atoms with van der Waals surface area (Å²) in [5, 5.41) is 12.8. The molecule has 0 radical (unpaired) electrons. The van der Waals surface area contributed by atoms with E-state index < -0.39 is 0 Å². The molecule has 1 fully saturated rings. The van der Waals surface area contributed by atoms with Crippen LogP contribution in [0.3, 0.4) is 0 Å². The van der Waals surface area contributed by atoms with Gasteiger partial charge in [0.25, 0.3) is 0 Å². The van der Waals surface area contributed by atoms with E-state index in [2.05, 4.69) is 15.3 Å². The van der Waals surface area contributed by atoms with Gasteiger partial charge < -0.3 is 15.2 Å². The summed E-state index contributed by atoms with van der Waals surface area (Å²) in [5.74, 6) is 2.00. The predicted octanol–water partition coefficient (Wildman–Crippen LogP) is 1.76. The van der Waals surface area contributed by atoms with Gasteiger partial charge in [-0.25, -0.2) is 9.97 Å². The second kappa shape index (κ2) is 6.00. The molecule has 100 valence electrons. The van der Waals surface area contributed by atoms with Crippen LogP contribution in [0.5, 0.6) is 5.88 Å². The monoisotopic (exact) mass is 251 g/mol. The van der Waals surface area contributed by atoms with Crippen molar-refractivity contribution in [3.05, 3.63) is 11.9 Å². The van der Waals surface area contributed by atoms with Gasteiger partial charge in [0.15, 0.2) is 0 Å². The summed E-state index contributed by atoms with van der Waals surface area (Å²) in [7, 11) is 0. The van der Waals surface area contributed by atoms with Gasteiger partial charge in [-0.15, -0.1) is 0 Å². The molecule has 0 amide bonds. The Bertz CT molecular complexity index is 398. The van der Waals surface area contributed by atoms with Crippen LogP contribution in [0.25, 0.3) is 0 Å². The first-order chi connectivity index (χ1) is 8.70. The van der Waals surface area contributed by atoms with E-state index in [4.69, 9.17) is 4.74 Å². The van der Waals surface area contributed by atoms with E-state index in [1.807, 2.05) is 13.8 Å². The minimum Gasteiger partial charge on any atom is -0.478 e. The average molecular weight is 251 g/mol. The van der Waals surface area contributed by atoms with Crippen LogP contribution in [-0.2, 0) is 0 Å². The first-order valence-electron chi connectivity index (χ1n) is 6.57. The van der Waals surface area contributed by atoms with Gasteiger partial charge in [0.05, 0.1) is 18.3 Å². The second-order valence-corrected chi connectivity index (χ2v) is 4.80. The number of anilines is 1. The van der Waals surface area contributed by atoms with Crippen molar-refractivity contribution in [1.29, 1.82) is 0 Å². The Morgan fingerprint density at radius 3 is 2.94 bits per heavy atom. The molecule has 1 heterocycles. The number of aromatic nitrogens is 2. The lowest BCUT2D eigenvalue weighted by Crippen LogP contribution is -2.14. The first-order valence-corrected chi connectivity index (χ1v) is 6.57. The van der Waals surface area contributed by atoms with E-state index in [1.165, 1.54) is 6.33 Å². The highest BCUT2D eigenvalue weighted by Crippen LogP contribution is 2.26. The summed E-state index contributed by atoms with van der Waals surface area (Å²) in [6.07, 6.45) is 4.28. The van der Waals surface area contributed by atoms with Crippen molar-refractivity contribution >= 4 is 5.82 Å². The molecule has 2 N–H and O–H groups in total. The van der Waals surface area contributed by atoms with Crippen LogP contribution in [0.15, 0.2) is 6.33 Å². The molecule has 1 aliphatic carbocycles. The molecule has 5 nitrogen and oxygen atoms in total. The Morgan fingerprint density at radius 2 is 2.28 bits per heavy atom. The Balaban J connectivity index is 1.94. The number of ether oxygens (including phenoxy) is 1. The highest BCUT2D eigenvalue weighted by molar-refractivity contribution is 5.47. The number of rotatable bonds is 5. The maximum atomic E-state index is 9.49. The first kappa shape index (κ1) is 13.1. The lowest BCUT2D eigenvalue weighted by Gasteiger charge is -2.14. The zero-order valence-corrected chi connectivity index (χ0v) is 11.0. The van der Waals surface area contributed by atoms with E-state index in [9.17, 15) is 5.11 Å². The van der Waals surface area contributed by atoms with E-state index in [0.717, 1.165) is 37.2 Å². The van der Waals surface area contributed by atoms with Gasteiger partial charge in [0.1, 0.15) is 12.1 Å². The maximum Gasteiger partial charge on any atom is 0.221 e. The fraction of sp³-hybridized carbons (Fsp3) is 0.692. The summed E-state index contributed by atoms with van der Waals surface area (Å²) in [6.45, 7) is 5.35. The van der Waals surface area contributed by atoms with Crippen molar-refractivity contribution in [1.82, 2.24) is 9.97 Å². The zero-order valence-electron chi connectivity index (χ0n) is 11.0. The van der Waals surface area contributed by atoms with Crippen LogP contribution in [-0.4, -0.2) is 34.3 Å². The average Bonchev–Trinajstić information content (AvgIpc) is 2.77. The number of aliphatic hydroxyl groups is 1. The third kappa shape index (κ3) is 3.10. The van der Waals surface area contributed by atoms with Crippen LogP contribution in [0.2, 0.25) is 0 Å². The summed E-state index contributed by atoms with van der Waals surface area (Å²) in [5.41, 5.74) is 0.942. The molecule has 5 heteroatoms. The molecule has 0 bridgehead atoms. The molecule has 2 atom stereocenters. The standard InChI is InChI=1S/C13H21N3O2/c1-3-18-13-9(2)12(15-8-16-13)14-7-10-4-5-11(17)6-10/h8,10-11,17H,3-7H2,1-2H3,(H,14,15,16). The summed E-state index contributed by atoms with van der Waals surface area (Å²) >= 11 is 0. The Labute approximate surface area is 108 Å². The molecule has 0 aliphatic heterocycles. The van der Waals surface area contributed by atoms with Gasteiger partial charge in [0, 0.05) is 6.54 Å². The minimum absolute atomic E-state index is 0.123. The molecule has 0 saturated heterocycles. The Morgan fingerprint density at radius 1 is 1.44 bits per heavy atom. The predicted molar refractivity (Wildman–Crippen MR) is 69.8 cm³/mol. The van der Waals surface area contributed by atoms with Gasteiger partial charge in [-0.2, -0.15) is 0 Å². The molecule has 1 aromatic rings. The van der Waals surface area contributed by atoms with Crippen LogP contribution in [0.1, 0.15) is 31.7 Å².